The molecule has 0 aliphatic rings. The van der Waals surface area contributed by atoms with E-state index in [4.69, 9.17) is 0 Å². The molecule has 0 aliphatic carbocycles. The van der Waals surface area contributed by atoms with Gasteiger partial charge in [-0.15, -0.1) is 0 Å². The summed E-state index contributed by atoms with van der Waals surface area (Å²) < 4.78 is 1.77. The third kappa shape index (κ3) is 1.26. The Bertz CT molecular complexity index is 431. The quantitative estimate of drug-likeness (QED) is 0.723. The second-order valence-corrected chi connectivity index (χ2v) is 3.45. The first-order chi connectivity index (χ1) is 6.18. The fourth-order valence-electron chi connectivity index (χ4n) is 1.38. The molecule has 0 unspecified atom stereocenters. The lowest BCUT2D eigenvalue weighted by Crippen LogP contribution is -1.99. The predicted molar refractivity (Wildman–Crippen MR) is 50.9 cm³/mol. The van der Waals surface area contributed by atoms with Crippen molar-refractivity contribution in [2.75, 3.05) is 0 Å². The molecule has 0 fully saturated rings. The largest absolute Gasteiger partial charge is 0.506 e. The minimum absolute atomic E-state index is 0.242. The van der Waals surface area contributed by atoms with Gasteiger partial charge in [-0.25, -0.2) is 4.52 Å². The predicted octanol–water partition coefficient (Wildman–Crippen LogP) is 2.16. The molecule has 13 heavy (non-hydrogen) atoms. The number of hydrogen-bond acceptors (Lipinski definition) is 2. The molecule has 3 nitrogen and oxygen atoms in total. The topological polar surface area (TPSA) is 37.5 Å². The highest BCUT2D eigenvalue weighted by Crippen LogP contribution is 2.23. The summed E-state index contributed by atoms with van der Waals surface area (Å²) in [5.41, 5.74) is 1.66. The molecule has 0 saturated carbocycles. The Hall–Kier alpha value is -1.51. The fourth-order valence-corrected chi connectivity index (χ4v) is 1.38. The monoisotopic (exact) mass is 176 g/mol. The maximum Gasteiger partial charge on any atom is 0.141 e. The van der Waals surface area contributed by atoms with Gasteiger partial charge in [0, 0.05) is 18.2 Å². The molecule has 0 saturated heterocycles. The number of fused-ring (bicyclic) bond motifs is 1. The number of aromatic hydroxyl groups is 1. The van der Waals surface area contributed by atoms with Crippen molar-refractivity contribution in [1.82, 2.24) is 9.61 Å². The standard InChI is InChI=1S/C10H12N2O/c1-7(2)10-9(13)6-8-4-3-5-12(8)11-10/h3-7,13H,1-2H3. The summed E-state index contributed by atoms with van der Waals surface area (Å²) >= 11 is 0. The summed E-state index contributed by atoms with van der Waals surface area (Å²) in [6.07, 6.45) is 1.88. The Kier molecular flexibility index (Phi) is 1.72. The van der Waals surface area contributed by atoms with Crippen LogP contribution in [0.15, 0.2) is 24.4 Å². The van der Waals surface area contributed by atoms with Gasteiger partial charge in [-0.3, -0.25) is 0 Å². The minimum Gasteiger partial charge on any atom is -0.506 e. The first-order valence-corrected chi connectivity index (χ1v) is 4.36. The second kappa shape index (κ2) is 2.76. The lowest BCUT2D eigenvalue weighted by Gasteiger charge is -2.07. The zero-order chi connectivity index (χ0) is 9.42. The van der Waals surface area contributed by atoms with Crippen LogP contribution in [0.5, 0.6) is 5.75 Å². The summed E-state index contributed by atoms with van der Waals surface area (Å²) in [6.45, 7) is 4.02. The highest BCUT2D eigenvalue weighted by Gasteiger charge is 2.08. The van der Waals surface area contributed by atoms with E-state index in [1.54, 1.807) is 10.6 Å². The fraction of sp³-hybridized carbons (Fsp3) is 0.300. The van der Waals surface area contributed by atoms with Gasteiger partial charge >= 0.3 is 0 Å². The smallest absolute Gasteiger partial charge is 0.141 e. The minimum atomic E-state index is 0.242. The van der Waals surface area contributed by atoms with Crippen LogP contribution < -0.4 is 0 Å². The Labute approximate surface area is 76.6 Å². The van der Waals surface area contributed by atoms with Crippen LogP contribution in [0.3, 0.4) is 0 Å². The normalized spacial score (nSPS) is 11.3. The van der Waals surface area contributed by atoms with Gasteiger partial charge in [-0.1, -0.05) is 13.8 Å². The van der Waals surface area contributed by atoms with Crippen LogP contribution in [0.25, 0.3) is 5.52 Å². The third-order valence-electron chi connectivity index (χ3n) is 2.07. The molecule has 0 amide bonds. The first-order valence-electron chi connectivity index (χ1n) is 4.36. The van der Waals surface area contributed by atoms with Crippen LogP contribution in [-0.2, 0) is 0 Å². The van der Waals surface area contributed by atoms with Crippen LogP contribution in [0.4, 0.5) is 0 Å². The highest BCUT2D eigenvalue weighted by atomic mass is 16.3. The van der Waals surface area contributed by atoms with Crippen molar-refractivity contribution in [2.45, 2.75) is 19.8 Å². The molecule has 0 aromatic carbocycles. The van der Waals surface area contributed by atoms with Crippen LogP contribution in [0.2, 0.25) is 0 Å². The molecule has 0 atom stereocenters. The van der Waals surface area contributed by atoms with E-state index in [1.807, 2.05) is 32.2 Å². The van der Waals surface area contributed by atoms with Crippen molar-refractivity contribution in [2.24, 2.45) is 0 Å². The molecule has 0 radical (unpaired) electrons. The van der Waals surface area contributed by atoms with Gasteiger partial charge in [0.1, 0.15) is 11.4 Å². The van der Waals surface area contributed by atoms with Crippen molar-refractivity contribution in [3.05, 3.63) is 30.1 Å². The SMILES string of the molecule is CC(C)c1nn2cccc2cc1O. The van der Waals surface area contributed by atoms with Crippen LogP contribution in [0, 0.1) is 0 Å². The average molecular weight is 176 g/mol. The van der Waals surface area contributed by atoms with Gasteiger partial charge in [0.05, 0.1) is 5.52 Å². The van der Waals surface area contributed by atoms with E-state index >= 15 is 0 Å². The molecule has 68 valence electrons. The lowest BCUT2D eigenvalue weighted by molar-refractivity contribution is 0.457. The van der Waals surface area contributed by atoms with Gasteiger partial charge < -0.3 is 5.11 Å². The molecule has 0 aliphatic heterocycles. The third-order valence-corrected chi connectivity index (χ3v) is 2.07. The molecule has 2 heterocycles. The van der Waals surface area contributed by atoms with Crippen molar-refractivity contribution >= 4 is 5.52 Å². The number of hydrogen-bond donors (Lipinski definition) is 1. The van der Waals surface area contributed by atoms with E-state index in [0.29, 0.717) is 0 Å². The summed E-state index contributed by atoms with van der Waals surface area (Å²) in [5.74, 6) is 0.521. The van der Waals surface area contributed by atoms with Gasteiger partial charge in [-0.2, -0.15) is 5.10 Å². The molecule has 2 aromatic heterocycles. The van der Waals surface area contributed by atoms with Gasteiger partial charge in [-0.05, 0) is 12.1 Å². The van der Waals surface area contributed by atoms with E-state index in [1.165, 1.54) is 0 Å². The van der Waals surface area contributed by atoms with Gasteiger partial charge in [0.25, 0.3) is 0 Å². The zero-order valence-electron chi connectivity index (χ0n) is 7.73. The van der Waals surface area contributed by atoms with Crippen molar-refractivity contribution in [3.8, 4) is 5.75 Å². The van der Waals surface area contributed by atoms with Crippen LogP contribution in [-0.4, -0.2) is 14.7 Å². The van der Waals surface area contributed by atoms with Crippen molar-refractivity contribution < 1.29 is 5.11 Å². The Morgan fingerprint density at radius 3 is 2.92 bits per heavy atom. The maximum atomic E-state index is 9.62. The van der Waals surface area contributed by atoms with E-state index in [-0.39, 0.29) is 11.7 Å². The highest BCUT2D eigenvalue weighted by molar-refractivity contribution is 5.51. The van der Waals surface area contributed by atoms with Crippen LogP contribution in [0.1, 0.15) is 25.5 Å². The summed E-state index contributed by atoms with van der Waals surface area (Å²) in [5, 5.41) is 13.9. The van der Waals surface area contributed by atoms with Gasteiger partial charge in [0.2, 0.25) is 0 Å². The lowest BCUT2D eigenvalue weighted by atomic mass is 10.1. The molecule has 0 spiro atoms. The van der Waals surface area contributed by atoms with E-state index < -0.39 is 0 Å². The Morgan fingerprint density at radius 2 is 2.23 bits per heavy atom. The van der Waals surface area contributed by atoms with E-state index in [0.717, 1.165) is 11.2 Å². The number of aromatic nitrogens is 2. The average Bonchev–Trinajstić information content (AvgIpc) is 2.48. The molecule has 0 bridgehead atoms. The van der Waals surface area contributed by atoms with Gasteiger partial charge in [0.15, 0.2) is 0 Å². The van der Waals surface area contributed by atoms with Crippen molar-refractivity contribution in [3.63, 3.8) is 0 Å². The molecule has 3 heteroatoms. The zero-order valence-corrected chi connectivity index (χ0v) is 7.73. The molecule has 2 aromatic rings. The first kappa shape index (κ1) is 8.10. The summed E-state index contributed by atoms with van der Waals surface area (Å²) in [6, 6.07) is 5.56. The Balaban J connectivity index is 2.69. The van der Waals surface area contributed by atoms with E-state index in [9.17, 15) is 5.11 Å². The number of rotatable bonds is 1. The summed E-state index contributed by atoms with van der Waals surface area (Å²) in [4.78, 5) is 0. The Morgan fingerprint density at radius 1 is 1.46 bits per heavy atom. The van der Waals surface area contributed by atoms with E-state index in [2.05, 4.69) is 5.10 Å². The number of nitrogens with zero attached hydrogens (tertiary/aromatic N) is 2. The maximum absolute atomic E-state index is 9.62. The second-order valence-electron chi connectivity index (χ2n) is 3.45. The van der Waals surface area contributed by atoms with Crippen LogP contribution >= 0.6 is 0 Å². The molecular formula is C10H12N2O. The van der Waals surface area contributed by atoms with Crippen molar-refractivity contribution in [1.29, 1.82) is 0 Å². The molecular weight excluding hydrogens is 164 g/mol. The molecule has 2 rings (SSSR count). The molecule has 1 N–H and O–H groups in total. The summed E-state index contributed by atoms with van der Waals surface area (Å²) in [7, 11) is 0.